The summed E-state index contributed by atoms with van der Waals surface area (Å²) >= 11 is 0. The van der Waals surface area contributed by atoms with Gasteiger partial charge in [0, 0.05) is 6.54 Å². The molecule has 0 bridgehead atoms. The molecule has 20 heavy (non-hydrogen) atoms. The van der Waals surface area contributed by atoms with Crippen LogP contribution in [0.4, 0.5) is 0 Å². The van der Waals surface area contributed by atoms with E-state index in [1.807, 2.05) is 0 Å². The Bertz CT molecular complexity index is 586. The van der Waals surface area contributed by atoms with E-state index < -0.39 is 0 Å². The zero-order chi connectivity index (χ0) is 13.8. The highest BCUT2D eigenvalue weighted by atomic mass is 14.8. The van der Waals surface area contributed by atoms with Crippen molar-refractivity contribution in [3.05, 3.63) is 70.3 Å². The van der Waals surface area contributed by atoms with Gasteiger partial charge in [-0.15, -0.1) is 0 Å². The lowest BCUT2D eigenvalue weighted by Gasteiger charge is -2.08. The summed E-state index contributed by atoms with van der Waals surface area (Å²) in [7, 11) is 0. The van der Waals surface area contributed by atoms with Crippen molar-refractivity contribution in [2.45, 2.75) is 39.2 Å². The van der Waals surface area contributed by atoms with Gasteiger partial charge in [0.05, 0.1) is 0 Å². The SMILES string of the molecule is Cc1ccccc1CCNCc1ccc2c(c1)CCC2. The van der Waals surface area contributed by atoms with Crippen LogP contribution in [0.1, 0.15) is 34.2 Å². The maximum Gasteiger partial charge on any atom is 0.0205 e. The summed E-state index contributed by atoms with van der Waals surface area (Å²) < 4.78 is 0. The number of hydrogen-bond donors (Lipinski definition) is 1. The monoisotopic (exact) mass is 265 g/mol. The Morgan fingerprint density at radius 3 is 2.75 bits per heavy atom. The average molecular weight is 265 g/mol. The van der Waals surface area contributed by atoms with Crippen LogP contribution in [0.3, 0.4) is 0 Å². The number of fused-ring (bicyclic) bond motifs is 1. The van der Waals surface area contributed by atoms with E-state index in [1.54, 1.807) is 11.1 Å². The molecule has 0 heterocycles. The highest BCUT2D eigenvalue weighted by Crippen LogP contribution is 2.22. The summed E-state index contributed by atoms with van der Waals surface area (Å²) in [5.41, 5.74) is 7.41. The maximum atomic E-state index is 3.57. The van der Waals surface area contributed by atoms with Crippen LogP contribution in [0.2, 0.25) is 0 Å². The van der Waals surface area contributed by atoms with E-state index in [0.717, 1.165) is 19.5 Å². The van der Waals surface area contributed by atoms with Gasteiger partial charge in [0.25, 0.3) is 0 Å². The molecule has 1 nitrogen and oxygen atoms in total. The third kappa shape index (κ3) is 3.10. The van der Waals surface area contributed by atoms with Crippen LogP contribution >= 0.6 is 0 Å². The first-order valence-corrected chi connectivity index (χ1v) is 7.69. The lowest BCUT2D eigenvalue weighted by Crippen LogP contribution is -2.17. The summed E-state index contributed by atoms with van der Waals surface area (Å²) in [6, 6.07) is 15.6. The largest absolute Gasteiger partial charge is 0.312 e. The van der Waals surface area contributed by atoms with Crippen molar-refractivity contribution in [1.29, 1.82) is 0 Å². The molecule has 3 rings (SSSR count). The van der Waals surface area contributed by atoms with Gasteiger partial charge >= 0.3 is 0 Å². The molecule has 1 heteroatoms. The molecule has 0 saturated heterocycles. The van der Waals surface area contributed by atoms with E-state index in [-0.39, 0.29) is 0 Å². The molecule has 0 spiro atoms. The predicted octanol–water partition coefficient (Wildman–Crippen LogP) is 3.82. The van der Waals surface area contributed by atoms with E-state index in [2.05, 4.69) is 54.7 Å². The molecule has 2 aromatic carbocycles. The second kappa shape index (κ2) is 6.23. The zero-order valence-corrected chi connectivity index (χ0v) is 12.3. The van der Waals surface area contributed by atoms with Gasteiger partial charge in [-0.3, -0.25) is 0 Å². The fourth-order valence-corrected chi connectivity index (χ4v) is 3.08. The van der Waals surface area contributed by atoms with Crippen molar-refractivity contribution in [3.63, 3.8) is 0 Å². The third-order valence-corrected chi connectivity index (χ3v) is 4.32. The van der Waals surface area contributed by atoms with E-state index in [9.17, 15) is 0 Å². The van der Waals surface area contributed by atoms with Gasteiger partial charge in [-0.05, 0) is 67.0 Å². The highest BCUT2D eigenvalue weighted by Gasteiger charge is 2.10. The molecule has 0 amide bonds. The molecule has 1 aliphatic carbocycles. The van der Waals surface area contributed by atoms with Crippen LogP contribution in [0.25, 0.3) is 0 Å². The molecule has 0 aliphatic heterocycles. The van der Waals surface area contributed by atoms with Crippen molar-refractivity contribution in [2.75, 3.05) is 6.54 Å². The molecule has 1 aliphatic rings. The Kier molecular flexibility index (Phi) is 4.17. The molecule has 0 atom stereocenters. The Hall–Kier alpha value is -1.60. The van der Waals surface area contributed by atoms with Crippen molar-refractivity contribution in [1.82, 2.24) is 5.32 Å². The van der Waals surface area contributed by atoms with Crippen LogP contribution in [-0.4, -0.2) is 6.54 Å². The minimum Gasteiger partial charge on any atom is -0.312 e. The topological polar surface area (TPSA) is 12.0 Å². The quantitative estimate of drug-likeness (QED) is 0.811. The van der Waals surface area contributed by atoms with Crippen LogP contribution in [0, 0.1) is 6.92 Å². The summed E-state index contributed by atoms with van der Waals surface area (Å²) in [5.74, 6) is 0. The Morgan fingerprint density at radius 1 is 1.00 bits per heavy atom. The van der Waals surface area contributed by atoms with Crippen LogP contribution in [0.5, 0.6) is 0 Å². The summed E-state index contributed by atoms with van der Waals surface area (Å²) in [6.45, 7) is 4.22. The standard InChI is InChI=1S/C19H23N/c1-15-5-2-3-6-17(15)11-12-20-14-16-9-10-18-7-4-8-19(18)13-16/h2-3,5-6,9-10,13,20H,4,7-8,11-12,14H2,1H3. The first-order chi connectivity index (χ1) is 9.83. The molecule has 2 aromatic rings. The normalized spacial score (nSPS) is 13.4. The fourth-order valence-electron chi connectivity index (χ4n) is 3.08. The lowest BCUT2D eigenvalue weighted by atomic mass is 10.1. The summed E-state index contributed by atoms with van der Waals surface area (Å²) in [6.07, 6.45) is 4.99. The van der Waals surface area contributed by atoms with Crippen LogP contribution in [0.15, 0.2) is 42.5 Å². The Labute approximate surface area is 122 Å². The van der Waals surface area contributed by atoms with E-state index >= 15 is 0 Å². The zero-order valence-electron chi connectivity index (χ0n) is 12.3. The molecular weight excluding hydrogens is 242 g/mol. The number of benzene rings is 2. The van der Waals surface area contributed by atoms with Gasteiger partial charge < -0.3 is 5.32 Å². The third-order valence-electron chi connectivity index (χ3n) is 4.32. The molecule has 104 valence electrons. The summed E-state index contributed by atoms with van der Waals surface area (Å²) in [5, 5.41) is 3.57. The second-order valence-electron chi connectivity index (χ2n) is 5.81. The molecular formula is C19H23N. The fraction of sp³-hybridized carbons (Fsp3) is 0.368. The average Bonchev–Trinajstić information content (AvgIpc) is 2.93. The van der Waals surface area contributed by atoms with Gasteiger partial charge in [-0.25, -0.2) is 0 Å². The number of nitrogens with one attached hydrogen (secondary N) is 1. The van der Waals surface area contributed by atoms with Crippen molar-refractivity contribution < 1.29 is 0 Å². The van der Waals surface area contributed by atoms with Gasteiger partial charge in [-0.1, -0.05) is 42.5 Å². The van der Waals surface area contributed by atoms with Gasteiger partial charge in [0.2, 0.25) is 0 Å². The van der Waals surface area contributed by atoms with E-state index in [1.165, 1.54) is 36.0 Å². The molecule has 0 fully saturated rings. The number of aryl methyl sites for hydroxylation is 3. The second-order valence-corrected chi connectivity index (χ2v) is 5.81. The highest BCUT2D eigenvalue weighted by molar-refractivity contribution is 5.35. The first-order valence-electron chi connectivity index (χ1n) is 7.69. The van der Waals surface area contributed by atoms with E-state index in [0.29, 0.717) is 0 Å². The number of hydrogen-bond acceptors (Lipinski definition) is 1. The Balaban J connectivity index is 1.49. The molecule has 0 saturated carbocycles. The van der Waals surface area contributed by atoms with Crippen molar-refractivity contribution in [3.8, 4) is 0 Å². The van der Waals surface area contributed by atoms with Gasteiger partial charge in [0.1, 0.15) is 0 Å². The lowest BCUT2D eigenvalue weighted by molar-refractivity contribution is 0.685. The minimum atomic E-state index is 0.985. The maximum absolute atomic E-state index is 3.57. The molecule has 0 radical (unpaired) electrons. The van der Waals surface area contributed by atoms with Crippen molar-refractivity contribution >= 4 is 0 Å². The van der Waals surface area contributed by atoms with Gasteiger partial charge in [-0.2, -0.15) is 0 Å². The summed E-state index contributed by atoms with van der Waals surface area (Å²) in [4.78, 5) is 0. The predicted molar refractivity (Wildman–Crippen MR) is 85.1 cm³/mol. The van der Waals surface area contributed by atoms with Crippen molar-refractivity contribution in [2.24, 2.45) is 0 Å². The first kappa shape index (κ1) is 13.4. The van der Waals surface area contributed by atoms with Crippen LogP contribution in [-0.2, 0) is 25.8 Å². The smallest absolute Gasteiger partial charge is 0.0205 e. The van der Waals surface area contributed by atoms with E-state index in [4.69, 9.17) is 0 Å². The number of rotatable bonds is 5. The minimum absolute atomic E-state index is 0.985. The van der Waals surface area contributed by atoms with Crippen LogP contribution < -0.4 is 5.32 Å². The Morgan fingerprint density at radius 2 is 1.85 bits per heavy atom. The molecule has 0 unspecified atom stereocenters. The molecule has 1 N–H and O–H groups in total. The van der Waals surface area contributed by atoms with Gasteiger partial charge in [0.15, 0.2) is 0 Å². The molecule has 0 aromatic heterocycles.